The van der Waals surface area contributed by atoms with Gasteiger partial charge < -0.3 is 41.2 Å². The summed E-state index contributed by atoms with van der Waals surface area (Å²) in [5, 5.41) is 30.3. The Kier molecular flexibility index (Phi) is 13.8. The molecule has 0 aliphatic heterocycles. The minimum absolute atomic E-state index is 0. The van der Waals surface area contributed by atoms with E-state index in [2.05, 4.69) is 109 Å². The summed E-state index contributed by atoms with van der Waals surface area (Å²) >= 11 is 10.8. The second-order valence-corrected chi connectivity index (χ2v) is 13.9. The van der Waals surface area contributed by atoms with Crippen molar-refractivity contribution in [2.24, 2.45) is 20.4 Å². The second-order valence-electron chi connectivity index (χ2n) is 9.60. The third kappa shape index (κ3) is 9.50. The number of hydrogen-bond acceptors (Lipinski definition) is 7. The van der Waals surface area contributed by atoms with Gasteiger partial charge in [0.25, 0.3) is 0 Å². The van der Waals surface area contributed by atoms with Crippen LogP contribution in [-0.4, -0.2) is 41.0 Å². The molecular weight excluding hydrogens is 669 g/mol. The van der Waals surface area contributed by atoms with Crippen LogP contribution < -0.4 is 31.9 Å². The first kappa shape index (κ1) is 35.5. The van der Waals surface area contributed by atoms with Crippen molar-refractivity contribution >= 4 is 81.8 Å². The van der Waals surface area contributed by atoms with Crippen LogP contribution in [0, 0.1) is 0 Å². The van der Waals surface area contributed by atoms with Crippen LogP contribution in [0.1, 0.15) is 19.4 Å². The molecule has 45 heavy (non-hydrogen) atoms. The molecule has 4 aromatic rings. The van der Waals surface area contributed by atoms with Crippen molar-refractivity contribution in [2.45, 2.75) is 13.8 Å². The van der Waals surface area contributed by atoms with Gasteiger partial charge in [-0.1, -0.05) is 66.7 Å². The number of carbonyl (C=O) groups excluding carboxylic acids is 1. The number of amides is 1. The number of hydrogen-bond donors (Lipinski definition) is 3. The fourth-order valence-electron chi connectivity index (χ4n) is 4.56. The zero-order valence-corrected chi connectivity index (χ0v) is 28.4. The number of rotatable bonds is 10. The molecule has 0 unspecified atom stereocenters. The van der Waals surface area contributed by atoms with Gasteiger partial charge in [-0.2, -0.15) is 15.3 Å². The minimum Gasteiger partial charge on any atom is -0.741 e. The molecule has 0 saturated heterocycles. The fraction of sp³-hybridized carbons (Fsp3) is 0.121. The Balaban J connectivity index is 0.00000552. The van der Waals surface area contributed by atoms with Crippen LogP contribution in [0.4, 0.5) is 5.69 Å². The smallest absolute Gasteiger partial charge is 0.741 e. The van der Waals surface area contributed by atoms with Crippen molar-refractivity contribution in [3.8, 4) is 0 Å². The summed E-state index contributed by atoms with van der Waals surface area (Å²) in [6.07, 6.45) is 0.555. The quantitative estimate of drug-likeness (QED) is 0.0572. The monoisotopic (exact) mass is 701 g/mol. The van der Waals surface area contributed by atoms with Crippen LogP contribution in [0.25, 0.3) is 0 Å². The Bertz CT molecular complexity index is 1570. The number of carbonyl (C=O) groups is 1. The molecule has 0 aromatic heterocycles. The first-order chi connectivity index (χ1) is 21.3. The predicted molar refractivity (Wildman–Crippen MR) is 192 cm³/mol. The van der Waals surface area contributed by atoms with E-state index < -0.39 is 7.26 Å². The maximum absolute atomic E-state index is 11.4. The molecule has 0 bridgehead atoms. The van der Waals surface area contributed by atoms with Gasteiger partial charge in [-0.25, -0.2) is 0 Å². The van der Waals surface area contributed by atoms with E-state index in [1.807, 2.05) is 30.3 Å². The van der Waals surface area contributed by atoms with Gasteiger partial charge in [0.2, 0.25) is 5.91 Å². The van der Waals surface area contributed by atoms with Gasteiger partial charge in [-0.15, -0.1) is 5.10 Å². The molecule has 0 saturated carbocycles. The van der Waals surface area contributed by atoms with E-state index in [0.717, 1.165) is 5.56 Å². The third-order valence-corrected chi connectivity index (χ3v) is 11.3. The SMILES string of the molecule is CN/C([S-])=N/N=C(/C(C)=N/N=C(\[S-])NC[P+](c1ccccc1)(c1ccccc1)c1ccccc1)c1ccc(NC(C)=O)cc1.[Cu+2]. The van der Waals surface area contributed by atoms with E-state index in [9.17, 15) is 4.79 Å². The van der Waals surface area contributed by atoms with E-state index >= 15 is 0 Å². The van der Waals surface area contributed by atoms with E-state index in [0.29, 0.717) is 23.4 Å². The molecule has 0 aliphatic rings. The normalized spacial score (nSPS) is 12.6. The molecule has 1 radical (unpaired) electrons. The Morgan fingerprint density at radius 3 is 1.58 bits per heavy atom. The summed E-state index contributed by atoms with van der Waals surface area (Å²) in [7, 11) is -0.485. The maximum atomic E-state index is 11.4. The number of anilines is 1. The van der Waals surface area contributed by atoms with Gasteiger partial charge in [-0.3, -0.25) is 4.79 Å². The first-order valence-electron chi connectivity index (χ1n) is 13.8. The Hall–Kier alpha value is -3.98. The molecule has 0 atom stereocenters. The number of amidine groups is 2. The van der Waals surface area contributed by atoms with Crippen LogP contribution in [0.3, 0.4) is 0 Å². The van der Waals surface area contributed by atoms with E-state index in [1.165, 1.54) is 22.8 Å². The van der Waals surface area contributed by atoms with Gasteiger partial charge >= 0.3 is 17.1 Å². The number of benzene rings is 4. The van der Waals surface area contributed by atoms with E-state index in [1.54, 1.807) is 26.1 Å². The molecule has 0 aliphatic carbocycles. The molecule has 4 rings (SSSR count). The summed E-state index contributed by atoms with van der Waals surface area (Å²) in [5.41, 5.74) is 2.33. The molecule has 12 heteroatoms. The van der Waals surface area contributed by atoms with Crippen LogP contribution >= 0.6 is 7.26 Å². The summed E-state index contributed by atoms with van der Waals surface area (Å²) < 4.78 is 0. The van der Waals surface area contributed by atoms with E-state index in [4.69, 9.17) is 25.3 Å². The first-order valence-corrected chi connectivity index (χ1v) is 16.6. The van der Waals surface area contributed by atoms with Gasteiger partial charge in [0.1, 0.15) is 35.2 Å². The second kappa shape index (κ2) is 17.5. The molecule has 3 N–H and O–H groups in total. The Labute approximate surface area is 286 Å². The number of nitrogens with zero attached hydrogens (tertiary/aromatic N) is 4. The van der Waals surface area contributed by atoms with Crippen LogP contribution in [0.15, 0.2) is 136 Å². The summed E-state index contributed by atoms with van der Waals surface area (Å²) in [6, 6.07) is 38.8. The molecule has 1 amide bonds. The summed E-state index contributed by atoms with van der Waals surface area (Å²) in [5.74, 6) is -0.156. The van der Waals surface area contributed by atoms with Gasteiger partial charge in [0.15, 0.2) is 0 Å². The molecular formula is C33H33CuN7OPS2+. The standard InChI is InChI=1S/C33H34N7OPS2.Cu/c1-24(31(38-39-32(43)34-3)26-19-21-27(22-20-26)36-25(2)41)37-40-33(44)35-23-42(28-13-7-4-8-14-28,29-15-9-5-10-16-29)30-17-11-6-12-18-30;/h4-22H,23H2,1-3H3,(H4-,34,35,36,37,38,39,40,41,43,44);/q;+2/p-1. The van der Waals surface area contributed by atoms with Crippen molar-refractivity contribution < 1.29 is 21.9 Å². The van der Waals surface area contributed by atoms with Gasteiger partial charge in [0, 0.05) is 30.4 Å². The number of nitrogens with one attached hydrogen (secondary N) is 3. The van der Waals surface area contributed by atoms with Crippen molar-refractivity contribution in [2.75, 3.05) is 18.7 Å². The predicted octanol–water partition coefficient (Wildman–Crippen LogP) is 4.29. The Morgan fingerprint density at radius 1 is 0.667 bits per heavy atom. The fourth-order valence-corrected chi connectivity index (χ4v) is 8.69. The molecule has 4 aromatic carbocycles. The van der Waals surface area contributed by atoms with Crippen LogP contribution in [0.5, 0.6) is 0 Å². The molecule has 8 nitrogen and oxygen atoms in total. The Morgan fingerprint density at radius 2 is 1.13 bits per heavy atom. The largest absolute Gasteiger partial charge is 2.00 e. The van der Waals surface area contributed by atoms with Crippen LogP contribution in [-0.2, 0) is 47.1 Å². The van der Waals surface area contributed by atoms with Crippen molar-refractivity contribution in [1.82, 2.24) is 10.6 Å². The summed E-state index contributed by atoms with van der Waals surface area (Å²) in [4.78, 5) is 11.4. The molecule has 233 valence electrons. The minimum atomic E-state index is -2.16. The van der Waals surface area contributed by atoms with E-state index in [-0.39, 0.29) is 33.3 Å². The maximum Gasteiger partial charge on any atom is 2.00 e. The topological polar surface area (TPSA) is 103 Å². The average Bonchev–Trinajstić information content (AvgIpc) is 3.06. The third-order valence-electron chi connectivity index (χ3n) is 6.63. The van der Waals surface area contributed by atoms with Crippen molar-refractivity contribution in [3.63, 3.8) is 0 Å². The van der Waals surface area contributed by atoms with Crippen LogP contribution in [0.2, 0.25) is 0 Å². The average molecular weight is 702 g/mol. The van der Waals surface area contributed by atoms with Crippen molar-refractivity contribution in [3.05, 3.63) is 121 Å². The summed E-state index contributed by atoms with van der Waals surface area (Å²) in [6.45, 7) is 3.24. The molecule has 0 spiro atoms. The van der Waals surface area contributed by atoms with Gasteiger partial charge in [-0.05, 0) is 60.6 Å². The van der Waals surface area contributed by atoms with Crippen molar-refractivity contribution in [1.29, 1.82) is 0 Å². The zero-order chi connectivity index (χ0) is 31.4. The zero-order valence-electron chi connectivity index (χ0n) is 24.9. The molecule has 0 fully saturated rings. The molecule has 0 heterocycles. The van der Waals surface area contributed by atoms with Gasteiger partial charge in [0.05, 0.1) is 5.71 Å².